The van der Waals surface area contributed by atoms with E-state index in [4.69, 9.17) is 13.7 Å². The van der Waals surface area contributed by atoms with Crippen molar-refractivity contribution in [3.63, 3.8) is 0 Å². The summed E-state index contributed by atoms with van der Waals surface area (Å²) in [6, 6.07) is 0.209. The first-order valence-electron chi connectivity index (χ1n) is 6.66. The third kappa shape index (κ3) is 2.81. The summed E-state index contributed by atoms with van der Waals surface area (Å²) in [5, 5.41) is 0. The molecule has 2 aliphatic rings. The lowest BCUT2D eigenvalue weighted by Gasteiger charge is -2.24. The van der Waals surface area contributed by atoms with Crippen molar-refractivity contribution in [2.45, 2.75) is 38.2 Å². The van der Waals surface area contributed by atoms with E-state index >= 15 is 0 Å². The molecule has 0 saturated carbocycles. The van der Waals surface area contributed by atoms with Gasteiger partial charge < -0.3 is 9.47 Å². The van der Waals surface area contributed by atoms with Crippen molar-refractivity contribution in [3.05, 3.63) is 22.1 Å². The second-order valence-corrected chi connectivity index (χ2v) is 6.77. The summed E-state index contributed by atoms with van der Waals surface area (Å²) >= 11 is 0. The van der Waals surface area contributed by atoms with E-state index in [1.54, 1.807) is 10.8 Å². The number of nitrogens with zero attached hydrogens (tertiary/aromatic N) is 2. The van der Waals surface area contributed by atoms with Gasteiger partial charge in [0.1, 0.15) is 18.4 Å². The maximum Gasteiger partial charge on any atom is 0.302 e. The van der Waals surface area contributed by atoms with Crippen LogP contribution in [-0.2, 0) is 25.5 Å². The molecule has 2 bridgehead atoms. The average molecular weight is 316 g/mol. The highest BCUT2D eigenvalue weighted by Gasteiger charge is 2.43. The molecule has 9 heteroatoms. The van der Waals surface area contributed by atoms with Crippen molar-refractivity contribution in [2.24, 2.45) is 0 Å². The van der Waals surface area contributed by atoms with Gasteiger partial charge in [-0.3, -0.25) is 13.5 Å². The van der Waals surface area contributed by atoms with E-state index in [2.05, 4.69) is 4.98 Å². The minimum Gasteiger partial charge on any atom is -0.458 e. The highest BCUT2D eigenvalue weighted by molar-refractivity contribution is 7.85. The second-order valence-electron chi connectivity index (χ2n) is 5.12. The number of aryl methyl sites for hydroxylation is 1. The van der Waals surface area contributed by atoms with Crippen molar-refractivity contribution in [1.82, 2.24) is 9.55 Å². The fourth-order valence-corrected chi connectivity index (χ4v) is 2.88. The highest BCUT2D eigenvalue weighted by atomic mass is 32.2. The molecule has 0 spiro atoms. The monoisotopic (exact) mass is 316 g/mol. The molecule has 3 heterocycles. The van der Waals surface area contributed by atoms with E-state index in [9.17, 15) is 13.2 Å². The summed E-state index contributed by atoms with van der Waals surface area (Å²) in [6.07, 6.45) is 2.62. The Morgan fingerprint density at radius 1 is 1.52 bits per heavy atom. The maximum atomic E-state index is 11.7. The van der Waals surface area contributed by atoms with Crippen LogP contribution in [0.3, 0.4) is 0 Å². The van der Waals surface area contributed by atoms with E-state index in [0.717, 1.165) is 6.26 Å². The van der Waals surface area contributed by atoms with Crippen molar-refractivity contribution >= 4 is 10.1 Å². The molecule has 0 aliphatic carbocycles. The Morgan fingerprint density at radius 2 is 2.29 bits per heavy atom. The van der Waals surface area contributed by atoms with Gasteiger partial charge in [-0.05, 0) is 6.42 Å². The lowest BCUT2D eigenvalue weighted by atomic mass is 10.1. The topological polar surface area (TPSA) is 96.7 Å². The smallest absolute Gasteiger partial charge is 0.302 e. The van der Waals surface area contributed by atoms with Crippen LogP contribution in [0.1, 0.15) is 25.1 Å². The molecule has 8 nitrogen and oxygen atoms in total. The van der Waals surface area contributed by atoms with Crippen LogP contribution in [-0.4, -0.2) is 43.0 Å². The van der Waals surface area contributed by atoms with Crippen LogP contribution in [0, 0.1) is 0 Å². The van der Waals surface area contributed by atoms with Crippen LogP contribution in [0.4, 0.5) is 0 Å². The summed E-state index contributed by atoms with van der Waals surface area (Å²) in [4.78, 5) is 15.7. The lowest BCUT2D eigenvalue weighted by Crippen LogP contribution is -2.34. The SMILES string of the molecule is CCc1cn2c(nc1=O)O[C@@H]1C[C@H]2O[C@@H]1COS(C)(=O)=O. The zero-order valence-electron chi connectivity index (χ0n) is 11.7. The third-order valence-corrected chi connectivity index (χ3v) is 4.13. The number of fused-ring (bicyclic) bond motifs is 4. The molecule has 2 aliphatic heterocycles. The first-order chi connectivity index (χ1) is 9.87. The Hall–Kier alpha value is -1.45. The normalized spacial score (nSPS) is 27.2. The van der Waals surface area contributed by atoms with Gasteiger partial charge in [-0.15, -0.1) is 0 Å². The predicted molar refractivity (Wildman–Crippen MR) is 71.6 cm³/mol. The number of rotatable bonds is 4. The van der Waals surface area contributed by atoms with Crippen molar-refractivity contribution in [3.8, 4) is 6.01 Å². The molecule has 1 aromatic rings. The summed E-state index contributed by atoms with van der Waals surface area (Å²) < 4.78 is 39.9. The number of hydrogen-bond donors (Lipinski definition) is 0. The number of hydrogen-bond acceptors (Lipinski definition) is 7. The van der Waals surface area contributed by atoms with E-state index in [-0.39, 0.29) is 30.5 Å². The lowest BCUT2D eigenvalue weighted by molar-refractivity contribution is -0.0182. The van der Waals surface area contributed by atoms with Crippen LogP contribution >= 0.6 is 0 Å². The Kier molecular flexibility index (Phi) is 3.50. The Bertz CT molecular complexity index is 713. The van der Waals surface area contributed by atoms with E-state index in [1.165, 1.54) is 0 Å². The van der Waals surface area contributed by atoms with Gasteiger partial charge in [-0.1, -0.05) is 6.92 Å². The van der Waals surface area contributed by atoms with Crippen molar-refractivity contribution in [1.29, 1.82) is 0 Å². The second kappa shape index (κ2) is 5.08. The molecular weight excluding hydrogens is 300 g/mol. The van der Waals surface area contributed by atoms with E-state index < -0.39 is 16.2 Å². The molecular formula is C12H16N2O6S. The molecule has 0 amide bonds. The Labute approximate surface area is 121 Å². The Morgan fingerprint density at radius 3 is 2.95 bits per heavy atom. The van der Waals surface area contributed by atoms with Gasteiger partial charge in [0.05, 0.1) is 12.9 Å². The molecule has 1 fully saturated rings. The van der Waals surface area contributed by atoms with E-state index in [0.29, 0.717) is 18.4 Å². The molecule has 0 N–H and O–H groups in total. The molecule has 3 atom stereocenters. The third-order valence-electron chi connectivity index (χ3n) is 3.56. The van der Waals surface area contributed by atoms with Gasteiger partial charge in [-0.2, -0.15) is 13.4 Å². The Balaban J connectivity index is 1.83. The van der Waals surface area contributed by atoms with Gasteiger partial charge in [0.15, 0.2) is 0 Å². The van der Waals surface area contributed by atoms with Crippen LogP contribution in [0.15, 0.2) is 11.0 Å². The highest BCUT2D eigenvalue weighted by Crippen LogP contribution is 2.37. The zero-order valence-corrected chi connectivity index (χ0v) is 12.5. The van der Waals surface area contributed by atoms with Gasteiger partial charge in [0, 0.05) is 18.2 Å². The van der Waals surface area contributed by atoms with Crippen LogP contribution in [0.5, 0.6) is 6.01 Å². The summed E-state index contributed by atoms with van der Waals surface area (Å²) in [7, 11) is -3.53. The number of aromatic nitrogens is 2. The molecule has 116 valence electrons. The molecule has 21 heavy (non-hydrogen) atoms. The van der Waals surface area contributed by atoms with Gasteiger partial charge >= 0.3 is 6.01 Å². The van der Waals surface area contributed by atoms with Crippen LogP contribution < -0.4 is 10.3 Å². The first-order valence-corrected chi connectivity index (χ1v) is 8.47. The minimum atomic E-state index is -3.53. The maximum absolute atomic E-state index is 11.7. The van der Waals surface area contributed by atoms with Crippen molar-refractivity contribution in [2.75, 3.05) is 12.9 Å². The molecule has 1 saturated heterocycles. The minimum absolute atomic E-state index is 0.112. The number of ether oxygens (including phenoxy) is 2. The summed E-state index contributed by atoms with van der Waals surface area (Å²) in [5.41, 5.74) is 0.272. The first kappa shape index (κ1) is 14.5. The van der Waals surface area contributed by atoms with Gasteiger partial charge in [0.25, 0.3) is 15.7 Å². The van der Waals surface area contributed by atoms with Crippen LogP contribution in [0.2, 0.25) is 0 Å². The molecule has 0 aromatic carbocycles. The molecule has 0 radical (unpaired) electrons. The molecule has 0 unspecified atom stereocenters. The van der Waals surface area contributed by atoms with E-state index in [1.807, 2.05) is 6.92 Å². The summed E-state index contributed by atoms with van der Waals surface area (Å²) in [5.74, 6) is 0. The predicted octanol–water partition coefficient (Wildman–Crippen LogP) is -0.170. The van der Waals surface area contributed by atoms with Crippen molar-refractivity contribution < 1.29 is 22.1 Å². The quantitative estimate of drug-likeness (QED) is 0.711. The fraction of sp³-hybridized carbons (Fsp3) is 0.667. The molecule has 3 rings (SSSR count). The van der Waals surface area contributed by atoms with Crippen LogP contribution in [0.25, 0.3) is 0 Å². The zero-order chi connectivity index (χ0) is 15.2. The van der Waals surface area contributed by atoms with Gasteiger partial charge in [-0.25, -0.2) is 0 Å². The largest absolute Gasteiger partial charge is 0.458 e. The standard InChI is InChI=1S/C12H16N2O6S/c1-3-7-5-14-10-4-8(20-12(14)13-11(7)15)9(19-10)6-18-21(2,16)17/h5,8-10H,3-4,6H2,1-2H3/t8-,9-,10-/m1/s1. The fourth-order valence-electron chi connectivity index (χ4n) is 2.50. The average Bonchev–Trinajstić information content (AvgIpc) is 2.73. The molecule has 1 aromatic heterocycles. The van der Waals surface area contributed by atoms with Gasteiger partial charge in [0.2, 0.25) is 0 Å². The summed E-state index contributed by atoms with van der Waals surface area (Å²) in [6.45, 7) is 1.76.